The van der Waals surface area contributed by atoms with Crippen molar-refractivity contribution >= 4 is 24.1 Å². The summed E-state index contributed by atoms with van der Waals surface area (Å²) in [6.45, 7) is 17.3. The SMILES string of the molecule is CCC1OC(=O)C(C)C(OC2CC(C)(OC)C(O)C(C)O2)C(C)C(OC2OC(C)CC(N(C)C)C2O)C(C)(O)CC(C)/C(=N\OCOCCOC)C(C)C(O)C1(C)O.Cl. The lowest BCUT2D eigenvalue weighted by molar-refractivity contribution is -0.317. The van der Waals surface area contributed by atoms with E-state index in [1.807, 2.05) is 32.8 Å². The van der Waals surface area contributed by atoms with E-state index >= 15 is 0 Å². The molecule has 59 heavy (non-hydrogen) atoms. The quantitative estimate of drug-likeness (QED) is 0.0778. The van der Waals surface area contributed by atoms with Crippen LogP contribution < -0.4 is 0 Å². The number of carbonyl (C=O) groups is 1. The number of likely N-dealkylation sites (N-methyl/N-ethyl adjacent to an activating group) is 1. The van der Waals surface area contributed by atoms with Gasteiger partial charge in [0, 0.05) is 44.4 Å². The summed E-state index contributed by atoms with van der Waals surface area (Å²) in [6.07, 6.45) is -9.49. The largest absolute Gasteiger partial charge is 0.459 e. The van der Waals surface area contributed by atoms with Gasteiger partial charge in [0.1, 0.15) is 23.9 Å². The van der Waals surface area contributed by atoms with Gasteiger partial charge in [-0.15, -0.1) is 12.4 Å². The normalized spacial score (nSPS) is 45.1. The molecule has 3 fully saturated rings. The van der Waals surface area contributed by atoms with Crippen LogP contribution in [0, 0.1) is 23.7 Å². The van der Waals surface area contributed by atoms with E-state index in [1.165, 1.54) is 14.0 Å². The van der Waals surface area contributed by atoms with Crippen LogP contribution in [0.15, 0.2) is 5.16 Å². The van der Waals surface area contributed by atoms with Crippen LogP contribution in [0.5, 0.6) is 0 Å². The third kappa shape index (κ3) is 13.1. The highest BCUT2D eigenvalue weighted by Gasteiger charge is 2.53. The number of aliphatic hydroxyl groups is 5. The summed E-state index contributed by atoms with van der Waals surface area (Å²) in [5.41, 5.74) is -4.49. The Morgan fingerprint density at radius 1 is 0.898 bits per heavy atom. The second kappa shape index (κ2) is 22.9. The molecule has 3 heterocycles. The minimum atomic E-state index is -1.97. The minimum absolute atomic E-state index is 0. The number of nitrogens with zero attached hydrogens (tertiary/aromatic N) is 2. The molecule has 0 spiro atoms. The first-order valence-corrected chi connectivity index (χ1v) is 20.8. The molecule has 3 aliphatic heterocycles. The van der Waals surface area contributed by atoms with Crippen LogP contribution in [0.3, 0.4) is 0 Å². The summed E-state index contributed by atoms with van der Waals surface area (Å²) < 4.78 is 48.1. The number of esters is 1. The highest BCUT2D eigenvalue weighted by molar-refractivity contribution is 5.88. The van der Waals surface area contributed by atoms with Gasteiger partial charge < -0.3 is 73.2 Å². The highest BCUT2D eigenvalue weighted by Crippen LogP contribution is 2.41. The van der Waals surface area contributed by atoms with Crippen LogP contribution in [0.25, 0.3) is 0 Å². The summed E-state index contributed by atoms with van der Waals surface area (Å²) in [5, 5.41) is 63.6. The fraction of sp³-hybridized carbons (Fsp3) is 0.951. The Morgan fingerprint density at radius 2 is 1.54 bits per heavy atom. The highest BCUT2D eigenvalue weighted by atomic mass is 35.5. The molecule has 0 amide bonds. The van der Waals surface area contributed by atoms with Gasteiger partial charge in [0.15, 0.2) is 12.6 Å². The second-order valence-corrected chi connectivity index (χ2v) is 17.7. The third-order valence-electron chi connectivity index (χ3n) is 12.6. The molecule has 18 heteroatoms. The maximum atomic E-state index is 14.3. The lowest BCUT2D eigenvalue weighted by Crippen LogP contribution is -2.61. The van der Waals surface area contributed by atoms with Crippen molar-refractivity contribution in [2.45, 2.75) is 179 Å². The molecule has 0 saturated carbocycles. The van der Waals surface area contributed by atoms with Crippen molar-refractivity contribution in [3.63, 3.8) is 0 Å². The van der Waals surface area contributed by atoms with Crippen molar-refractivity contribution in [1.29, 1.82) is 0 Å². The van der Waals surface area contributed by atoms with Gasteiger partial charge in [-0.05, 0) is 74.9 Å². The molecular formula is C41H77ClN2O15. The van der Waals surface area contributed by atoms with Gasteiger partial charge >= 0.3 is 5.97 Å². The van der Waals surface area contributed by atoms with Crippen molar-refractivity contribution in [3.05, 3.63) is 0 Å². The van der Waals surface area contributed by atoms with E-state index in [0.29, 0.717) is 18.7 Å². The fourth-order valence-corrected chi connectivity index (χ4v) is 8.93. The maximum Gasteiger partial charge on any atom is 0.311 e. The van der Waals surface area contributed by atoms with Crippen molar-refractivity contribution in [2.24, 2.45) is 28.8 Å². The number of ether oxygens (including phenoxy) is 8. The van der Waals surface area contributed by atoms with Crippen LogP contribution in [0.2, 0.25) is 0 Å². The van der Waals surface area contributed by atoms with Crippen molar-refractivity contribution in [1.82, 2.24) is 4.90 Å². The van der Waals surface area contributed by atoms with Gasteiger partial charge in [-0.25, -0.2) is 0 Å². The molecule has 17 nitrogen and oxygen atoms in total. The van der Waals surface area contributed by atoms with E-state index in [-0.39, 0.29) is 57.2 Å². The number of halogens is 1. The molecule has 0 radical (unpaired) electrons. The molecule has 18 atom stereocenters. The number of oxime groups is 1. The maximum absolute atomic E-state index is 14.3. The fourth-order valence-electron chi connectivity index (χ4n) is 8.93. The second-order valence-electron chi connectivity index (χ2n) is 17.7. The summed E-state index contributed by atoms with van der Waals surface area (Å²) in [4.78, 5) is 21.8. The summed E-state index contributed by atoms with van der Waals surface area (Å²) in [7, 11) is 6.76. The van der Waals surface area contributed by atoms with Crippen LogP contribution in [-0.2, 0) is 47.5 Å². The Balaban J connectivity index is 0.0000120. The van der Waals surface area contributed by atoms with E-state index in [9.17, 15) is 30.3 Å². The first-order valence-electron chi connectivity index (χ1n) is 20.8. The number of hydrogen-bond donors (Lipinski definition) is 5. The molecule has 348 valence electrons. The monoisotopic (exact) mass is 873 g/mol. The molecule has 0 aromatic carbocycles. The van der Waals surface area contributed by atoms with E-state index in [2.05, 4.69) is 5.16 Å². The van der Waals surface area contributed by atoms with Gasteiger partial charge in [0.25, 0.3) is 0 Å². The first-order chi connectivity index (χ1) is 27.0. The molecule has 5 N–H and O–H groups in total. The Labute approximate surface area is 357 Å². The van der Waals surface area contributed by atoms with Crippen molar-refractivity contribution < 1.29 is 73.1 Å². The van der Waals surface area contributed by atoms with Gasteiger partial charge in [0.2, 0.25) is 6.79 Å². The Kier molecular flexibility index (Phi) is 20.9. The van der Waals surface area contributed by atoms with E-state index in [1.54, 1.807) is 55.6 Å². The molecule has 3 rings (SSSR count). The van der Waals surface area contributed by atoms with E-state index in [0.717, 1.165) is 0 Å². The Morgan fingerprint density at radius 3 is 2.12 bits per heavy atom. The average Bonchev–Trinajstić information content (AvgIpc) is 3.15. The lowest BCUT2D eigenvalue weighted by atomic mass is 9.73. The topological polar surface area (TPSA) is 217 Å². The molecule has 0 aromatic rings. The zero-order valence-corrected chi connectivity index (χ0v) is 38.5. The predicted molar refractivity (Wildman–Crippen MR) is 220 cm³/mol. The van der Waals surface area contributed by atoms with Gasteiger partial charge in [-0.3, -0.25) is 4.79 Å². The Hall–Kier alpha value is -1.29. The molecule has 0 bridgehead atoms. The van der Waals surface area contributed by atoms with Crippen LogP contribution >= 0.6 is 12.4 Å². The van der Waals surface area contributed by atoms with Crippen LogP contribution in [0.1, 0.15) is 94.9 Å². The zero-order valence-electron chi connectivity index (χ0n) is 37.7. The van der Waals surface area contributed by atoms with Crippen molar-refractivity contribution in [3.8, 4) is 0 Å². The van der Waals surface area contributed by atoms with Gasteiger partial charge in [0.05, 0.1) is 66.6 Å². The van der Waals surface area contributed by atoms with E-state index in [4.69, 9.17) is 42.7 Å². The number of cyclic esters (lactones) is 1. The van der Waals surface area contributed by atoms with Crippen LogP contribution in [-0.4, -0.2) is 175 Å². The van der Waals surface area contributed by atoms with Crippen LogP contribution in [0.4, 0.5) is 0 Å². The van der Waals surface area contributed by atoms with Crippen molar-refractivity contribution in [2.75, 3.05) is 48.3 Å². The molecule has 0 aromatic heterocycles. The summed E-state index contributed by atoms with van der Waals surface area (Å²) in [6, 6.07) is -0.328. The van der Waals surface area contributed by atoms with Gasteiger partial charge in [-0.2, -0.15) is 0 Å². The Bertz CT molecular complexity index is 1310. The standard InChI is InChI=1S/C41H76N2O15.ClH/c1-15-29-41(10,49)34(45)24(4)31(42-53-21-52-17-16-50-13)22(2)19-39(8,48)36(58-38-32(44)28(43(11)12)18-23(3)54-38)25(5)33(26(6)37(47)56-29)57-30-20-40(9,51-14)35(46)27(7)55-30;/h22-30,32-36,38,44-46,48-49H,15-21H2,1-14H3;1H/b42-31+;. The molecule has 3 aliphatic rings. The lowest BCUT2D eigenvalue weighted by Gasteiger charge is -2.49. The number of hydrogen-bond acceptors (Lipinski definition) is 17. The first kappa shape index (κ1) is 53.8. The molecular weight excluding hydrogens is 796 g/mol. The smallest absolute Gasteiger partial charge is 0.311 e. The third-order valence-corrected chi connectivity index (χ3v) is 12.6. The molecule has 3 saturated heterocycles. The minimum Gasteiger partial charge on any atom is -0.459 e. The van der Waals surface area contributed by atoms with E-state index < -0.39 is 102 Å². The zero-order chi connectivity index (χ0) is 43.9. The number of aliphatic hydroxyl groups excluding tert-OH is 3. The predicted octanol–water partition coefficient (Wildman–Crippen LogP) is 2.63. The summed E-state index contributed by atoms with van der Waals surface area (Å²) in [5.74, 6) is -4.14. The summed E-state index contributed by atoms with van der Waals surface area (Å²) >= 11 is 0. The molecule has 18 unspecified atom stereocenters. The number of methoxy groups -OCH3 is 2. The van der Waals surface area contributed by atoms with Gasteiger partial charge in [-0.1, -0.05) is 32.9 Å². The molecule has 0 aliphatic carbocycles. The number of carbonyl (C=O) groups excluding carboxylic acids is 1. The number of rotatable bonds is 13. The average molecular weight is 874 g/mol.